The van der Waals surface area contributed by atoms with E-state index in [-0.39, 0.29) is 0 Å². The van der Waals surface area contributed by atoms with Crippen LogP contribution in [0.25, 0.3) is 5.82 Å². The molecule has 0 saturated carbocycles. The number of rotatable bonds is 3. The van der Waals surface area contributed by atoms with Crippen LogP contribution in [0.2, 0.25) is 0 Å². The molecule has 3 aromatic heterocycles. The fourth-order valence-electron chi connectivity index (χ4n) is 4.52. The standard InChI is InChI=1S/C21H22N8/c1-14-5-15(2)29(26-14)21-6-20(24-13-25-21)28-11-16-9-27(10-17(16)12-28)19-4-3-18(7-22)23-8-19/h3-6,8,13,16-17H,9-12H2,1-2H3. The van der Waals surface area contributed by atoms with Crippen molar-refractivity contribution in [2.45, 2.75) is 13.8 Å². The lowest BCUT2D eigenvalue weighted by Gasteiger charge is -2.23. The van der Waals surface area contributed by atoms with Crippen molar-refractivity contribution in [3.05, 3.63) is 53.9 Å². The lowest BCUT2D eigenvalue weighted by atomic mass is 10.0. The molecule has 146 valence electrons. The Kier molecular flexibility index (Phi) is 4.16. The van der Waals surface area contributed by atoms with Gasteiger partial charge in [-0.1, -0.05) is 0 Å². The highest BCUT2D eigenvalue weighted by Gasteiger charge is 2.40. The van der Waals surface area contributed by atoms with E-state index in [2.05, 4.69) is 42.0 Å². The number of hydrogen-bond donors (Lipinski definition) is 0. The van der Waals surface area contributed by atoms with Gasteiger partial charge in [0.05, 0.1) is 17.6 Å². The zero-order valence-corrected chi connectivity index (χ0v) is 16.5. The largest absolute Gasteiger partial charge is 0.370 e. The first kappa shape index (κ1) is 17.6. The predicted octanol–water partition coefficient (Wildman–Crippen LogP) is 2.12. The fraction of sp³-hybridized carbons (Fsp3) is 0.381. The Hall–Kier alpha value is -3.47. The number of fused-ring (bicyclic) bond motifs is 1. The molecule has 8 nitrogen and oxygen atoms in total. The molecule has 8 heteroatoms. The second-order valence-electron chi connectivity index (χ2n) is 7.92. The number of aryl methyl sites for hydroxylation is 2. The van der Waals surface area contributed by atoms with Gasteiger partial charge >= 0.3 is 0 Å². The molecule has 0 radical (unpaired) electrons. The van der Waals surface area contributed by atoms with Gasteiger partial charge < -0.3 is 9.80 Å². The Morgan fingerprint density at radius 1 is 0.931 bits per heavy atom. The highest BCUT2D eigenvalue weighted by Crippen LogP contribution is 2.35. The van der Waals surface area contributed by atoms with Crippen molar-refractivity contribution in [2.75, 3.05) is 36.0 Å². The van der Waals surface area contributed by atoms with Gasteiger partial charge in [-0.25, -0.2) is 19.6 Å². The lowest BCUT2D eigenvalue weighted by Crippen LogP contribution is -2.29. The molecule has 2 unspecified atom stereocenters. The van der Waals surface area contributed by atoms with Crippen molar-refractivity contribution >= 4 is 11.5 Å². The van der Waals surface area contributed by atoms with Crippen LogP contribution in [0, 0.1) is 37.0 Å². The molecule has 0 amide bonds. The average molecular weight is 386 g/mol. The van der Waals surface area contributed by atoms with Crippen LogP contribution in [0.1, 0.15) is 17.1 Å². The molecular weight excluding hydrogens is 364 g/mol. The van der Waals surface area contributed by atoms with Crippen molar-refractivity contribution in [1.82, 2.24) is 24.7 Å². The summed E-state index contributed by atoms with van der Waals surface area (Å²) in [5.74, 6) is 2.96. The molecular formula is C21H22N8. The summed E-state index contributed by atoms with van der Waals surface area (Å²) in [6.45, 7) is 8.00. The van der Waals surface area contributed by atoms with Crippen LogP contribution in [0.5, 0.6) is 0 Å². The molecule has 2 aliphatic rings. The molecule has 2 fully saturated rings. The van der Waals surface area contributed by atoms with Crippen molar-refractivity contribution in [3.8, 4) is 11.9 Å². The summed E-state index contributed by atoms with van der Waals surface area (Å²) < 4.78 is 1.87. The molecule has 5 heterocycles. The molecule has 0 aliphatic carbocycles. The minimum absolute atomic E-state index is 0.460. The van der Waals surface area contributed by atoms with Crippen molar-refractivity contribution in [3.63, 3.8) is 0 Å². The molecule has 29 heavy (non-hydrogen) atoms. The Morgan fingerprint density at radius 3 is 2.28 bits per heavy atom. The van der Waals surface area contributed by atoms with Crippen LogP contribution in [0.4, 0.5) is 11.5 Å². The molecule has 0 N–H and O–H groups in total. The van der Waals surface area contributed by atoms with Gasteiger partial charge in [0, 0.05) is 49.8 Å². The van der Waals surface area contributed by atoms with E-state index in [0.29, 0.717) is 17.5 Å². The maximum absolute atomic E-state index is 8.92. The first-order chi connectivity index (χ1) is 14.1. The Morgan fingerprint density at radius 2 is 1.66 bits per heavy atom. The average Bonchev–Trinajstić information content (AvgIpc) is 3.41. The van der Waals surface area contributed by atoms with Gasteiger partial charge in [-0.3, -0.25) is 0 Å². The second kappa shape index (κ2) is 6.85. The normalized spacial score (nSPS) is 20.7. The zero-order valence-electron chi connectivity index (χ0n) is 16.5. The number of hydrogen-bond acceptors (Lipinski definition) is 7. The SMILES string of the molecule is Cc1cc(C)n(-c2cc(N3CC4CN(c5ccc(C#N)nc5)CC4C3)ncn2)n1. The van der Waals surface area contributed by atoms with Crippen LogP contribution in [-0.4, -0.2) is 50.9 Å². The highest BCUT2D eigenvalue weighted by molar-refractivity contribution is 5.50. The Bertz CT molecular complexity index is 1070. The summed E-state index contributed by atoms with van der Waals surface area (Å²) in [6, 6.07) is 9.94. The molecule has 0 bridgehead atoms. The summed E-state index contributed by atoms with van der Waals surface area (Å²) in [6.07, 6.45) is 3.44. The number of nitrogens with zero attached hydrogens (tertiary/aromatic N) is 8. The first-order valence-corrected chi connectivity index (χ1v) is 9.82. The van der Waals surface area contributed by atoms with Crippen LogP contribution in [-0.2, 0) is 0 Å². The summed E-state index contributed by atoms with van der Waals surface area (Å²) in [5, 5.41) is 13.5. The van der Waals surface area contributed by atoms with Crippen LogP contribution < -0.4 is 9.80 Å². The molecule has 3 aromatic rings. The van der Waals surface area contributed by atoms with E-state index in [1.807, 2.05) is 36.9 Å². The van der Waals surface area contributed by atoms with E-state index in [4.69, 9.17) is 5.26 Å². The summed E-state index contributed by atoms with van der Waals surface area (Å²) in [4.78, 5) is 17.9. The number of anilines is 2. The first-order valence-electron chi connectivity index (χ1n) is 9.82. The van der Waals surface area contributed by atoms with Gasteiger partial charge in [-0.2, -0.15) is 10.4 Å². The molecule has 2 saturated heterocycles. The fourth-order valence-corrected chi connectivity index (χ4v) is 4.52. The number of pyridine rings is 1. The topological polar surface area (TPSA) is 86.8 Å². The summed E-state index contributed by atoms with van der Waals surface area (Å²) in [7, 11) is 0. The van der Waals surface area contributed by atoms with Crippen molar-refractivity contribution < 1.29 is 0 Å². The molecule has 0 aromatic carbocycles. The minimum Gasteiger partial charge on any atom is -0.370 e. The van der Waals surface area contributed by atoms with Gasteiger partial charge in [0.25, 0.3) is 0 Å². The summed E-state index contributed by atoms with van der Waals surface area (Å²) in [5.41, 5.74) is 3.60. The van der Waals surface area contributed by atoms with E-state index in [1.54, 1.807) is 12.4 Å². The quantitative estimate of drug-likeness (QED) is 0.681. The maximum atomic E-state index is 8.92. The van der Waals surface area contributed by atoms with E-state index in [0.717, 1.165) is 54.9 Å². The lowest BCUT2D eigenvalue weighted by molar-refractivity contribution is 0.533. The smallest absolute Gasteiger partial charge is 0.159 e. The number of aromatic nitrogens is 5. The van der Waals surface area contributed by atoms with Gasteiger partial charge in [-0.05, 0) is 32.0 Å². The third-order valence-corrected chi connectivity index (χ3v) is 5.90. The number of nitriles is 1. The van der Waals surface area contributed by atoms with E-state index < -0.39 is 0 Å². The van der Waals surface area contributed by atoms with Crippen LogP contribution >= 0.6 is 0 Å². The van der Waals surface area contributed by atoms with Gasteiger partial charge in [0.1, 0.15) is 23.9 Å². The van der Waals surface area contributed by atoms with Crippen LogP contribution in [0.15, 0.2) is 36.8 Å². The molecule has 5 rings (SSSR count). The van der Waals surface area contributed by atoms with Crippen molar-refractivity contribution in [1.29, 1.82) is 5.26 Å². The summed E-state index contributed by atoms with van der Waals surface area (Å²) >= 11 is 0. The molecule has 2 aliphatic heterocycles. The van der Waals surface area contributed by atoms with E-state index in [9.17, 15) is 0 Å². The second-order valence-corrected chi connectivity index (χ2v) is 7.92. The van der Waals surface area contributed by atoms with Gasteiger partial charge in [0.2, 0.25) is 0 Å². The Labute approximate surface area is 169 Å². The Balaban J connectivity index is 1.30. The third kappa shape index (κ3) is 3.18. The van der Waals surface area contributed by atoms with Gasteiger partial charge in [0.15, 0.2) is 5.82 Å². The molecule has 2 atom stereocenters. The zero-order chi connectivity index (χ0) is 20.0. The van der Waals surface area contributed by atoms with E-state index in [1.165, 1.54) is 0 Å². The maximum Gasteiger partial charge on any atom is 0.159 e. The highest BCUT2D eigenvalue weighted by atomic mass is 15.3. The monoisotopic (exact) mass is 386 g/mol. The predicted molar refractivity (Wildman–Crippen MR) is 109 cm³/mol. The minimum atomic E-state index is 0.460. The third-order valence-electron chi connectivity index (χ3n) is 5.90. The van der Waals surface area contributed by atoms with Gasteiger partial charge in [-0.15, -0.1) is 0 Å². The van der Waals surface area contributed by atoms with E-state index >= 15 is 0 Å². The van der Waals surface area contributed by atoms with Crippen LogP contribution in [0.3, 0.4) is 0 Å². The van der Waals surface area contributed by atoms with Crippen molar-refractivity contribution in [2.24, 2.45) is 11.8 Å². The molecule has 0 spiro atoms.